The van der Waals surface area contributed by atoms with Crippen LogP contribution in [0.1, 0.15) is 58.4 Å². The molecule has 0 nitrogen and oxygen atoms in total. The fourth-order valence-electron chi connectivity index (χ4n) is 2.68. The summed E-state index contributed by atoms with van der Waals surface area (Å²) in [5.74, 6) is 0. The Hall–Kier alpha value is -0.750. The van der Waals surface area contributed by atoms with Gasteiger partial charge in [0.1, 0.15) is 0 Å². The van der Waals surface area contributed by atoms with Crippen molar-refractivity contribution in [1.29, 1.82) is 0 Å². The van der Waals surface area contributed by atoms with E-state index in [1.54, 1.807) is 0 Å². The SMILES string of the molecule is C=CC(Cl)(Cc1ccccc1)C(C)(C)CCCCCC. The van der Waals surface area contributed by atoms with Crippen LogP contribution in [-0.2, 0) is 6.42 Å². The zero-order chi connectivity index (χ0) is 15.1. The van der Waals surface area contributed by atoms with Gasteiger partial charge in [0.25, 0.3) is 0 Å². The maximum absolute atomic E-state index is 6.94. The highest BCUT2D eigenvalue weighted by Gasteiger charge is 2.40. The molecule has 20 heavy (non-hydrogen) atoms. The Balaban J connectivity index is 2.72. The molecule has 0 saturated heterocycles. The summed E-state index contributed by atoms with van der Waals surface area (Å²) in [5.41, 5.74) is 1.34. The van der Waals surface area contributed by atoms with Crippen LogP contribution >= 0.6 is 11.6 Å². The van der Waals surface area contributed by atoms with Gasteiger partial charge in [-0.15, -0.1) is 18.2 Å². The number of hydrogen-bond donors (Lipinski definition) is 0. The molecule has 0 saturated carbocycles. The van der Waals surface area contributed by atoms with Gasteiger partial charge in [-0.25, -0.2) is 0 Å². The normalized spacial score (nSPS) is 14.8. The first-order chi connectivity index (χ1) is 9.45. The molecule has 0 aliphatic carbocycles. The van der Waals surface area contributed by atoms with E-state index in [1.165, 1.54) is 31.2 Å². The van der Waals surface area contributed by atoms with Gasteiger partial charge in [0, 0.05) is 0 Å². The van der Waals surface area contributed by atoms with Crippen molar-refractivity contribution >= 4 is 11.6 Å². The van der Waals surface area contributed by atoms with Gasteiger partial charge in [-0.05, 0) is 23.8 Å². The third-order valence-electron chi connectivity index (χ3n) is 4.41. The number of unbranched alkanes of at least 4 members (excludes halogenated alkanes) is 3. The molecule has 0 heterocycles. The lowest BCUT2D eigenvalue weighted by Gasteiger charge is -2.40. The lowest BCUT2D eigenvalue weighted by Crippen LogP contribution is -2.39. The second kappa shape index (κ2) is 7.88. The molecule has 1 aromatic carbocycles. The first-order valence-electron chi connectivity index (χ1n) is 7.81. The molecule has 0 N–H and O–H groups in total. The molecule has 0 radical (unpaired) electrons. The van der Waals surface area contributed by atoms with Crippen LogP contribution in [0.25, 0.3) is 0 Å². The Labute approximate surface area is 130 Å². The Kier molecular flexibility index (Phi) is 6.82. The maximum Gasteiger partial charge on any atom is 0.0714 e. The minimum Gasteiger partial charge on any atom is -0.114 e. The summed E-state index contributed by atoms with van der Waals surface area (Å²) in [6.07, 6.45) is 9.08. The monoisotopic (exact) mass is 292 g/mol. The van der Waals surface area contributed by atoms with E-state index in [1.807, 2.05) is 12.1 Å². The van der Waals surface area contributed by atoms with Gasteiger partial charge in [0.15, 0.2) is 0 Å². The van der Waals surface area contributed by atoms with Gasteiger partial charge >= 0.3 is 0 Å². The van der Waals surface area contributed by atoms with Gasteiger partial charge in [-0.2, -0.15) is 0 Å². The largest absolute Gasteiger partial charge is 0.114 e. The highest BCUT2D eigenvalue weighted by molar-refractivity contribution is 6.26. The summed E-state index contributed by atoms with van der Waals surface area (Å²) < 4.78 is 0. The van der Waals surface area contributed by atoms with Crippen molar-refractivity contribution in [1.82, 2.24) is 0 Å². The predicted molar refractivity (Wildman–Crippen MR) is 91.5 cm³/mol. The summed E-state index contributed by atoms with van der Waals surface area (Å²) in [6, 6.07) is 10.5. The van der Waals surface area contributed by atoms with Crippen LogP contribution in [0.2, 0.25) is 0 Å². The number of halogens is 1. The zero-order valence-electron chi connectivity index (χ0n) is 13.3. The van der Waals surface area contributed by atoms with E-state index < -0.39 is 0 Å². The quantitative estimate of drug-likeness (QED) is 0.281. The molecular formula is C19H29Cl. The minimum atomic E-state index is -0.374. The van der Waals surface area contributed by atoms with Crippen molar-refractivity contribution in [3.8, 4) is 0 Å². The van der Waals surface area contributed by atoms with E-state index in [4.69, 9.17) is 11.6 Å². The number of benzene rings is 1. The van der Waals surface area contributed by atoms with Crippen LogP contribution < -0.4 is 0 Å². The van der Waals surface area contributed by atoms with Gasteiger partial charge in [0.05, 0.1) is 4.87 Å². The molecule has 112 valence electrons. The Bertz CT molecular complexity index is 393. The molecule has 1 unspecified atom stereocenters. The van der Waals surface area contributed by atoms with Crippen LogP contribution in [0.5, 0.6) is 0 Å². The van der Waals surface area contributed by atoms with Crippen LogP contribution in [0.15, 0.2) is 43.0 Å². The van der Waals surface area contributed by atoms with Crippen molar-refractivity contribution in [2.75, 3.05) is 0 Å². The molecule has 0 bridgehead atoms. The van der Waals surface area contributed by atoms with Crippen molar-refractivity contribution in [3.05, 3.63) is 48.6 Å². The maximum atomic E-state index is 6.94. The van der Waals surface area contributed by atoms with E-state index in [2.05, 4.69) is 51.6 Å². The fourth-order valence-corrected chi connectivity index (χ4v) is 2.93. The molecule has 0 aliphatic heterocycles. The number of allylic oxidation sites excluding steroid dienone is 1. The highest BCUT2D eigenvalue weighted by atomic mass is 35.5. The number of alkyl halides is 1. The first-order valence-corrected chi connectivity index (χ1v) is 8.19. The standard InChI is InChI=1S/C19H29Cl/c1-5-7-8-12-15-18(3,4)19(20,6-2)16-17-13-10-9-11-14-17/h6,9-11,13-14H,2,5,7-8,12,15-16H2,1,3-4H3. The Morgan fingerprint density at radius 2 is 1.75 bits per heavy atom. The van der Waals surface area contributed by atoms with E-state index in [9.17, 15) is 0 Å². The average Bonchev–Trinajstić information content (AvgIpc) is 2.44. The van der Waals surface area contributed by atoms with Crippen LogP contribution in [0.3, 0.4) is 0 Å². The van der Waals surface area contributed by atoms with Crippen LogP contribution in [0.4, 0.5) is 0 Å². The average molecular weight is 293 g/mol. The third kappa shape index (κ3) is 4.66. The summed E-state index contributed by atoms with van der Waals surface area (Å²) >= 11 is 6.94. The van der Waals surface area contributed by atoms with E-state index in [0.717, 1.165) is 12.8 Å². The lowest BCUT2D eigenvalue weighted by atomic mass is 9.71. The van der Waals surface area contributed by atoms with Crippen molar-refractivity contribution in [2.45, 2.75) is 64.2 Å². The summed E-state index contributed by atoms with van der Waals surface area (Å²) in [7, 11) is 0. The van der Waals surface area contributed by atoms with Crippen LogP contribution in [-0.4, -0.2) is 4.87 Å². The van der Waals surface area contributed by atoms with Crippen molar-refractivity contribution in [2.24, 2.45) is 5.41 Å². The smallest absolute Gasteiger partial charge is 0.0714 e. The zero-order valence-corrected chi connectivity index (χ0v) is 14.0. The second-order valence-electron chi connectivity index (χ2n) is 6.42. The van der Waals surface area contributed by atoms with Gasteiger partial charge in [-0.3, -0.25) is 0 Å². The van der Waals surface area contributed by atoms with E-state index >= 15 is 0 Å². The van der Waals surface area contributed by atoms with E-state index in [-0.39, 0.29) is 10.3 Å². The fraction of sp³-hybridized carbons (Fsp3) is 0.579. The molecular weight excluding hydrogens is 264 g/mol. The lowest BCUT2D eigenvalue weighted by molar-refractivity contribution is 0.251. The summed E-state index contributed by atoms with van der Waals surface area (Å²) in [4.78, 5) is -0.374. The van der Waals surface area contributed by atoms with Crippen molar-refractivity contribution < 1.29 is 0 Å². The Morgan fingerprint density at radius 1 is 1.10 bits per heavy atom. The van der Waals surface area contributed by atoms with Crippen LogP contribution in [0, 0.1) is 5.41 Å². The molecule has 1 rings (SSSR count). The number of rotatable bonds is 9. The molecule has 0 amide bonds. The Morgan fingerprint density at radius 3 is 2.30 bits per heavy atom. The van der Waals surface area contributed by atoms with Gasteiger partial charge < -0.3 is 0 Å². The molecule has 1 atom stereocenters. The van der Waals surface area contributed by atoms with Gasteiger partial charge in [0.2, 0.25) is 0 Å². The van der Waals surface area contributed by atoms with Gasteiger partial charge in [-0.1, -0.05) is 82.9 Å². The second-order valence-corrected chi connectivity index (χ2v) is 7.10. The van der Waals surface area contributed by atoms with E-state index in [0.29, 0.717) is 0 Å². The topological polar surface area (TPSA) is 0 Å². The first kappa shape index (κ1) is 17.3. The molecule has 1 aromatic rings. The highest BCUT2D eigenvalue weighted by Crippen LogP contribution is 2.44. The number of hydrogen-bond acceptors (Lipinski definition) is 0. The molecule has 0 spiro atoms. The summed E-state index contributed by atoms with van der Waals surface area (Å²) in [5, 5.41) is 0. The predicted octanol–water partition coefficient (Wildman–Crippen LogP) is 6.39. The molecule has 0 aliphatic rings. The van der Waals surface area contributed by atoms with Crippen molar-refractivity contribution in [3.63, 3.8) is 0 Å². The minimum absolute atomic E-state index is 0.0554. The molecule has 0 aromatic heterocycles. The summed E-state index contributed by atoms with van der Waals surface area (Å²) in [6.45, 7) is 10.8. The molecule has 1 heteroatoms. The molecule has 0 fully saturated rings. The third-order valence-corrected chi connectivity index (χ3v) is 5.21.